The first-order valence-corrected chi connectivity index (χ1v) is 8.86. The lowest BCUT2D eigenvalue weighted by molar-refractivity contribution is 0.0851. The molecule has 2 aromatic rings. The summed E-state index contributed by atoms with van der Waals surface area (Å²) >= 11 is 0. The van der Waals surface area contributed by atoms with E-state index in [1.807, 2.05) is 12.1 Å². The Bertz CT molecular complexity index is 803. The van der Waals surface area contributed by atoms with E-state index < -0.39 is 0 Å². The summed E-state index contributed by atoms with van der Waals surface area (Å²) in [4.78, 5) is 6.73. The summed E-state index contributed by atoms with van der Waals surface area (Å²) in [5, 5.41) is 3.55. The molecule has 4 aliphatic heterocycles. The van der Waals surface area contributed by atoms with Gasteiger partial charge in [0.1, 0.15) is 6.61 Å². The monoisotopic (exact) mass is 335 g/mol. The minimum Gasteiger partial charge on any atom is -0.484 e. The molecule has 1 aromatic heterocycles. The zero-order valence-corrected chi connectivity index (χ0v) is 14.0. The number of ether oxygens (including phenoxy) is 2. The largest absolute Gasteiger partial charge is 0.484 e. The van der Waals surface area contributed by atoms with Crippen LogP contribution in [0.3, 0.4) is 0 Å². The van der Waals surface area contributed by atoms with Gasteiger partial charge in [-0.1, -0.05) is 30.3 Å². The highest BCUT2D eigenvalue weighted by Crippen LogP contribution is 2.34. The summed E-state index contributed by atoms with van der Waals surface area (Å²) in [6.45, 7) is 3.60. The van der Waals surface area contributed by atoms with Gasteiger partial charge in [0.2, 0.25) is 0 Å². The summed E-state index contributed by atoms with van der Waals surface area (Å²) in [5.41, 5.74) is 3.88. The Morgan fingerprint density at radius 3 is 2.88 bits per heavy atom. The van der Waals surface area contributed by atoms with Crippen LogP contribution in [0.25, 0.3) is 0 Å². The highest BCUT2D eigenvalue weighted by atomic mass is 16.6. The maximum Gasteiger partial charge on any atom is 0.257 e. The molecular formula is C20H21N3O2. The van der Waals surface area contributed by atoms with Crippen molar-refractivity contribution in [3.05, 3.63) is 65.5 Å². The molecule has 0 unspecified atom stereocenters. The average molecular weight is 335 g/mol. The minimum absolute atomic E-state index is 0.102. The Hall–Kier alpha value is -2.53. The van der Waals surface area contributed by atoms with Crippen LogP contribution in [-0.4, -0.2) is 35.6 Å². The quantitative estimate of drug-likeness (QED) is 0.934. The Kier molecular flexibility index (Phi) is 3.59. The zero-order chi connectivity index (χ0) is 16.6. The van der Waals surface area contributed by atoms with Crippen LogP contribution < -0.4 is 14.8 Å². The smallest absolute Gasteiger partial charge is 0.257 e. The predicted molar refractivity (Wildman–Crippen MR) is 94.4 cm³/mol. The Morgan fingerprint density at radius 2 is 2.12 bits per heavy atom. The van der Waals surface area contributed by atoms with Gasteiger partial charge >= 0.3 is 0 Å². The van der Waals surface area contributed by atoms with Crippen molar-refractivity contribution in [1.82, 2.24) is 15.2 Å². The molecular weight excluding hydrogens is 314 g/mol. The number of piperazine rings is 1. The van der Waals surface area contributed by atoms with Crippen LogP contribution in [0.5, 0.6) is 11.6 Å². The highest BCUT2D eigenvalue weighted by Gasteiger charge is 2.27. The zero-order valence-electron chi connectivity index (χ0n) is 14.0. The summed E-state index contributed by atoms with van der Waals surface area (Å²) in [7, 11) is 0. The second kappa shape index (κ2) is 6.08. The molecule has 0 amide bonds. The summed E-state index contributed by atoms with van der Waals surface area (Å²) in [6, 6.07) is 13.0. The first-order chi connectivity index (χ1) is 12.3. The normalized spacial score (nSPS) is 24.2. The van der Waals surface area contributed by atoms with Gasteiger partial charge in [-0.25, -0.2) is 4.98 Å². The molecule has 6 rings (SSSR count). The molecule has 4 aliphatic rings. The fourth-order valence-corrected chi connectivity index (χ4v) is 3.74. The van der Waals surface area contributed by atoms with E-state index in [4.69, 9.17) is 9.47 Å². The van der Waals surface area contributed by atoms with Gasteiger partial charge in [-0.2, -0.15) is 0 Å². The molecule has 1 N–H and O–H groups in total. The molecule has 128 valence electrons. The summed E-state index contributed by atoms with van der Waals surface area (Å²) in [6.07, 6.45) is 5.16. The number of fused-ring (bicyclic) bond motifs is 4. The summed E-state index contributed by atoms with van der Waals surface area (Å²) in [5.74, 6) is 1.30. The van der Waals surface area contributed by atoms with E-state index in [1.165, 1.54) is 17.7 Å². The van der Waals surface area contributed by atoms with Crippen molar-refractivity contribution in [3.63, 3.8) is 0 Å². The molecule has 0 spiro atoms. The molecule has 0 aliphatic carbocycles. The first-order valence-electron chi connectivity index (χ1n) is 8.86. The van der Waals surface area contributed by atoms with E-state index in [1.54, 1.807) is 6.20 Å². The van der Waals surface area contributed by atoms with Gasteiger partial charge in [0, 0.05) is 37.6 Å². The van der Waals surface area contributed by atoms with Gasteiger partial charge in [-0.3, -0.25) is 0 Å². The standard InChI is InChI=1S/C20H21N3O2/c1-2-18-20(21-9-1)25-19(13-24-18)15-5-3-14(4-6-15)11-23-12-16-7-8-17(23)10-22-16/h1-6,8-9,16,19,22H,7,10-13H2/t16-,19+/m0/s1. The fourth-order valence-electron chi connectivity index (χ4n) is 3.74. The van der Waals surface area contributed by atoms with E-state index >= 15 is 0 Å². The lowest BCUT2D eigenvalue weighted by Crippen LogP contribution is -2.51. The van der Waals surface area contributed by atoms with E-state index in [0.717, 1.165) is 30.9 Å². The third-order valence-electron chi connectivity index (χ3n) is 5.16. The maximum absolute atomic E-state index is 5.98. The van der Waals surface area contributed by atoms with Crippen molar-refractivity contribution >= 4 is 0 Å². The highest BCUT2D eigenvalue weighted by molar-refractivity contribution is 5.36. The third-order valence-corrected chi connectivity index (χ3v) is 5.16. The average Bonchev–Trinajstić information content (AvgIpc) is 2.69. The molecule has 0 saturated carbocycles. The van der Waals surface area contributed by atoms with Crippen molar-refractivity contribution in [1.29, 1.82) is 0 Å². The van der Waals surface area contributed by atoms with Gasteiger partial charge in [0.05, 0.1) is 0 Å². The predicted octanol–water partition coefficient (Wildman–Crippen LogP) is 2.66. The van der Waals surface area contributed by atoms with E-state index in [0.29, 0.717) is 18.5 Å². The molecule has 25 heavy (non-hydrogen) atoms. The number of benzene rings is 1. The van der Waals surface area contributed by atoms with Crippen LogP contribution >= 0.6 is 0 Å². The van der Waals surface area contributed by atoms with Crippen molar-refractivity contribution in [2.45, 2.75) is 25.1 Å². The number of rotatable bonds is 3. The molecule has 5 heteroatoms. The van der Waals surface area contributed by atoms with Gasteiger partial charge in [-0.15, -0.1) is 0 Å². The number of aromatic nitrogens is 1. The fraction of sp³-hybridized carbons (Fsp3) is 0.350. The number of nitrogens with zero attached hydrogens (tertiary/aromatic N) is 2. The molecule has 0 radical (unpaired) electrons. The second-order valence-corrected chi connectivity index (χ2v) is 6.86. The molecule has 2 bridgehead atoms. The molecule has 1 aromatic carbocycles. The van der Waals surface area contributed by atoms with Gasteiger partial charge in [0.15, 0.2) is 11.9 Å². The second-order valence-electron chi connectivity index (χ2n) is 6.86. The molecule has 2 atom stereocenters. The Balaban J connectivity index is 1.28. The van der Waals surface area contributed by atoms with Gasteiger partial charge in [-0.05, 0) is 29.7 Å². The van der Waals surface area contributed by atoms with E-state index in [-0.39, 0.29) is 6.10 Å². The van der Waals surface area contributed by atoms with E-state index in [2.05, 4.69) is 45.5 Å². The van der Waals surface area contributed by atoms with Crippen LogP contribution in [0.2, 0.25) is 0 Å². The number of pyridine rings is 1. The Morgan fingerprint density at radius 1 is 1.20 bits per heavy atom. The summed E-state index contributed by atoms with van der Waals surface area (Å²) < 4.78 is 11.7. The molecule has 5 nitrogen and oxygen atoms in total. The van der Waals surface area contributed by atoms with Crippen LogP contribution in [0, 0.1) is 0 Å². The van der Waals surface area contributed by atoms with Crippen molar-refractivity contribution < 1.29 is 9.47 Å². The van der Waals surface area contributed by atoms with Crippen LogP contribution in [0.15, 0.2) is 54.4 Å². The van der Waals surface area contributed by atoms with Gasteiger partial charge < -0.3 is 19.7 Å². The van der Waals surface area contributed by atoms with Crippen molar-refractivity contribution in [2.24, 2.45) is 0 Å². The molecule has 1 fully saturated rings. The van der Waals surface area contributed by atoms with Crippen molar-refractivity contribution in [2.75, 3.05) is 19.7 Å². The number of hydrogen-bond acceptors (Lipinski definition) is 5. The lowest BCUT2D eigenvalue weighted by Gasteiger charge is -2.41. The molecule has 5 heterocycles. The minimum atomic E-state index is -0.102. The van der Waals surface area contributed by atoms with Gasteiger partial charge in [0.25, 0.3) is 5.88 Å². The Labute approximate surface area is 147 Å². The van der Waals surface area contributed by atoms with Crippen LogP contribution in [0.4, 0.5) is 0 Å². The molecule has 1 saturated heterocycles. The number of nitrogens with one attached hydrogen (secondary N) is 1. The number of hydrogen-bond donors (Lipinski definition) is 1. The SMILES string of the molecule is C1=C2CN[C@@H](C1)CN2Cc1ccc([C@H]2COc3cccnc3O2)cc1. The lowest BCUT2D eigenvalue weighted by atomic mass is 10.0. The van der Waals surface area contributed by atoms with E-state index in [9.17, 15) is 0 Å². The maximum atomic E-state index is 5.98. The van der Waals surface area contributed by atoms with Crippen LogP contribution in [0.1, 0.15) is 23.7 Å². The van der Waals surface area contributed by atoms with Crippen molar-refractivity contribution in [3.8, 4) is 11.6 Å². The third kappa shape index (κ3) is 2.85. The van der Waals surface area contributed by atoms with Crippen LogP contribution in [-0.2, 0) is 6.54 Å². The first kappa shape index (κ1) is 14.8. The topological polar surface area (TPSA) is 46.6 Å².